The monoisotopic (exact) mass is 240 g/mol. The van der Waals surface area contributed by atoms with Crippen molar-refractivity contribution in [3.05, 3.63) is 47.9 Å². The summed E-state index contributed by atoms with van der Waals surface area (Å²) in [5.74, 6) is 0.900. The second kappa shape index (κ2) is 5.87. The predicted molar refractivity (Wildman–Crippen MR) is 71.3 cm³/mol. The molecule has 4 heteroatoms. The van der Waals surface area contributed by atoms with Gasteiger partial charge in [-0.25, -0.2) is 4.98 Å². The van der Waals surface area contributed by atoms with Crippen LogP contribution in [0.2, 0.25) is 0 Å². The van der Waals surface area contributed by atoms with E-state index in [1.807, 2.05) is 35.0 Å². The number of nitrogens with one attached hydrogen (secondary N) is 1. The van der Waals surface area contributed by atoms with Crippen molar-refractivity contribution in [2.75, 3.05) is 11.9 Å². The van der Waals surface area contributed by atoms with Crippen LogP contribution >= 0.6 is 0 Å². The first-order valence-corrected chi connectivity index (χ1v) is 6.08. The first kappa shape index (κ1) is 12.2. The van der Waals surface area contributed by atoms with Gasteiger partial charge in [0.25, 0.3) is 0 Å². The van der Waals surface area contributed by atoms with Gasteiger partial charge in [0, 0.05) is 24.5 Å². The molecule has 18 heavy (non-hydrogen) atoms. The van der Waals surface area contributed by atoms with Crippen LogP contribution in [0.25, 0.3) is 0 Å². The molecule has 0 radical (unpaired) electrons. The van der Waals surface area contributed by atoms with E-state index in [1.165, 1.54) is 0 Å². The Morgan fingerprint density at radius 1 is 1.39 bits per heavy atom. The maximum Gasteiger partial charge on any atom is 0.130 e. The second-order valence-electron chi connectivity index (χ2n) is 4.07. The van der Waals surface area contributed by atoms with Crippen molar-refractivity contribution >= 4 is 5.82 Å². The van der Waals surface area contributed by atoms with E-state index in [4.69, 9.17) is 5.26 Å². The lowest BCUT2D eigenvalue weighted by Crippen LogP contribution is -2.08. The van der Waals surface area contributed by atoms with Gasteiger partial charge in [0.05, 0.1) is 6.54 Å². The van der Waals surface area contributed by atoms with Crippen LogP contribution in [-0.2, 0) is 6.54 Å². The van der Waals surface area contributed by atoms with Gasteiger partial charge < -0.3 is 9.88 Å². The van der Waals surface area contributed by atoms with Crippen LogP contribution in [0.4, 0.5) is 5.82 Å². The molecular weight excluding hydrogens is 224 g/mol. The number of aromatic nitrogens is 2. The minimum atomic E-state index is 0.662. The van der Waals surface area contributed by atoms with Crippen LogP contribution < -0.4 is 5.32 Å². The Kier molecular flexibility index (Phi) is 3.98. The number of pyridine rings is 1. The van der Waals surface area contributed by atoms with Crippen LogP contribution in [0.5, 0.6) is 0 Å². The third-order valence-electron chi connectivity index (χ3n) is 2.72. The molecule has 2 rings (SSSR count). The molecule has 0 unspecified atom stereocenters. The van der Waals surface area contributed by atoms with Gasteiger partial charge >= 0.3 is 0 Å². The SMILES string of the molecule is CCCNc1ncccc1Cn1cccc1C#N. The predicted octanol–water partition coefficient (Wildman–Crippen LogP) is 2.62. The molecule has 0 amide bonds. The first-order valence-electron chi connectivity index (χ1n) is 6.08. The topological polar surface area (TPSA) is 53.6 Å². The quantitative estimate of drug-likeness (QED) is 0.874. The Hall–Kier alpha value is -2.28. The average Bonchev–Trinajstić information content (AvgIpc) is 2.85. The fourth-order valence-electron chi connectivity index (χ4n) is 1.81. The standard InChI is InChI=1S/C14H16N4/c1-2-7-16-14-12(5-3-8-17-14)11-18-9-4-6-13(18)10-15/h3-6,8-9H,2,7,11H2,1H3,(H,16,17). The van der Waals surface area contributed by atoms with E-state index in [1.54, 1.807) is 6.20 Å². The molecular formula is C14H16N4. The fourth-order valence-corrected chi connectivity index (χ4v) is 1.81. The van der Waals surface area contributed by atoms with Crippen molar-refractivity contribution in [3.63, 3.8) is 0 Å². The summed E-state index contributed by atoms with van der Waals surface area (Å²) in [6.45, 7) is 3.69. The van der Waals surface area contributed by atoms with Crippen molar-refractivity contribution < 1.29 is 0 Å². The third kappa shape index (κ3) is 2.69. The molecule has 0 aliphatic carbocycles. The summed E-state index contributed by atoms with van der Waals surface area (Å²) in [6.07, 6.45) is 4.75. The van der Waals surface area contributed by atoms with Gasteiger partial charge in [0.2, 0.25) is 0 Å². The molecule has 0 saturated heterocycles. The molecule has 92 valence electrons. The Morgan fingerprint density at radius 3 is 3.06 bits per heavy atom. The van der Waals surface area contributed by atoms with Crippen molar-refractivity contribution in [1.29, 1.82) is 5.26 Å². The largest absolute Gasteiger partial charge is 0.370 e. The Morgan fingerprint density at radius 2 is 2.28 bits per heavy atom. The molecule has 0 saturated carbocycles. The van der Waals surface area contributed by atoms with E-state index in [0.29, 0.717) is 12.2 Å². The molecule has 4 nitrogen and oxygen atoms in total. The molecule has 0 aliphatic rings. The van der Waals surface area contributed by atoms with Gasteiger partial charge in [0.15, 0.2) is 0 Å². The molecule has 2 aromatic heterocycles. The molecule has 0 spiro atoms. The van der Waals surface area contributed by atoms with Crippen molar-refractivity contribution in [2.24, 2.45) is 0 Å². The summed E-state index contributed by atoms with van der Waals surface area (Å²) in [5, 5.41) is 12.3. The molecule has 0 aromatic carbocycles. The van der Waals surface area contributed by atoms with Gasteiger partial charge in [-0.15, -0.1) is 0 Å². The lowest BCUT2D eigenvalue weighted by atomic mass is 10.2. The molecule has 1 N–H and O–H groups in total. The summed E-state index contributed by atoms with van der Waals surface area (Å²) < 4.78 is 1.92. The summed E-state index contributed by atoms with van der Waals surface area (Å²) in [4.78, 5) is 4.34. The molecule has 0 aliphatic heterocycles. The molecule has 0 fully saturated rings. The highest BCUT2D eigenvalue weighted by Gasteiger charge is 2.05. The lowest BCUT2D eigenvalue weighted by Gasteiger charge is -2.11. The highest BCUT2D eigenvalue weighted by Crippen LogP contribution is 2.14. The maximum atomic E-state index is 8.99. The van der Waals surface area contributed by atoms with Gasteiger partial charge in [-0.3, -0.25) is 0 Å². The van der Waals surface area contributed by atoms with Crippen LogP contribution in [0.3, 0.4) is 0 Å². The summed E-state index contributed by atoms with van der Waals surface area (Å²) in [6, 6.07) is 9.83. The highest BCUT2D eigenvalue weighted by atomic mass is 15.0. The number of hydrogen-bond donors (Lipinski definition) is 1. The minimum absolute atomic E-state index is 0.662. The van der Waals surface area contributed by atoms with E-state index in [0.717, 1.165) is 24.3 Å². The second-order valence-corrected chi connectivity index (χ2v) is 4.07. The zero-order valence-electron chi connectivity index (χ0n) is 10.4. The summed E-state index contributed by atoms with van der Waals surface area (Å²) in [7, 11) is 0. The highest BCUT2D eigenvalue weighted by molar-refractivity contribution is 5.44. The van der Waals surface area contributed by atoms with E-state index in [9.17, 15) is 0 Å². The third-order valence-corrected chi connectivity index (χ3v) is 2.72. The van der Waals surface area contributed by atoms with Crippen molar-refractivity contribution in [2.45, 2.75) is 19.9 Å². The van der Waals surface area contributed by atoms with Crippen molar-refractivity contribution in [1.82, 2.24) is 9.55 Å². The van der Waals surface area contributed by atoms with Crippen LogP contribution in [0.1, 0.15) is 24.6 Å². The number of nitrogens with zero attached hydrogens (tertiary/aromatic N) is 3. The van der Waals surface area contributed by atoms with E-state index < -0.39 is 0 Å². The molecule has 2 aromatic rings. The lowest BCUT2D eigenvalue weighted by molar-refractivity contribution is 0.789. The van der Waals surface area contributed by atoms with E-state index in [2.05, 4.69) is 23.3 Å². The number of nitriles is 1. The van der Waals surface area contributed by atoms with E-state index in [-0.39, 0.29) is 0 Å². The summed E-state index contributed by atoms with van der Waals surface area (Å²) in [5.41, 5.74) is 1.76. The number of anilines is 1. The fraction of sp³-hybridized carbons (Fsp3) is 0.286. The Bertz CT molecular complexity index is 551. The van der Waals surface area contributed by atoms with Crippen LogP contribution in [0.15, 0.2) is 36.7 Å². The number of hydrogen-bond acceptors (Lipinski definition) is 3. The van der Waals surface area contributed by atoms with Crippen LogP contribution in [0, 0.1) is 11.3 Å². The van der Waals surface area contributed by atoms with Gasteiger partial charge in [0.1, 0.15) is 17.6 Å². The zero-order chi connectivity index (χ0) is 12.8. The smallest absolute Gasteiger partial charge is 0.130 e. The summed E-state index contributed by atoms with van der Waals surface area (Å²) >= 11 is 0. The number of rotatable bonds is 5. The van der Waals surface area contributed by atoms with Crippen LogP contribution in [-0.4, -0.2) is 16.1 Å². The van der Waals surface area contributed by atoms with Gasteiger partial charge in [-0.05, 0) is 24.6 Å². The Labute approximate surface area is 107 Å². The maximum absolute atomic E-state index is 8.99. The van der Waals surface area contributed by atoms with Gasteiger partial charge in [-0.2, -0.15) is 5.26 Å². The first-order chi connectivity index (χ1) is 8.85. The van der Waals surface area contributed by atoms with Gasteiger partial charge in [-0.1, -0.05) is 13.0 Å². The molecule has 0 atom stereocenters. The molecule has 0 bridgehead atoms. The Balaban J connectivity index is 2.21. The minimum Gasteiger partial charge on any atom is -0.370 e. The van der Waals surface area contributed by atoms with Crippen molar-refractivity contribution in [3.8, 4) is 6.07 Å². The average molecular weight is 240 g/mol. The normalized spacial score (nSPS) is 10.0. The van der Waals surface area contributed by atoms with E-state index >= 15 is 0 Å². The zero-order valence-corrected chi connectivity index (χ0v) is 10.4. The molecule has 2 heterocycles.